The number of carbonyl (C=O) groups excluding carboxylic acids is 1. The number of esters is 1. The molecule has 0 aromatic heterocycles. The van der Waals surface area contributed by atoms with E-state index in [1.807, 2.05) is 12.1 Å². The van der Waals surface area contributed by atoms with Gasteiger partial charge < -0.3 is 4.74 Å². The summed E-state index contributed by atoms with van der Waals surface area (Å²) in [7, 11) is 0. The second-order valence-corrected chi connectivity index (χ2v) is 4.41. The van der Waals surface area contributed by atoms with E-state index in [1.165, 1.54) is 12.8 Å². The van der Waals surface area contributed by atoms with Crippen LogP contribution in [0.5, 0.6) is 0 Å². The van der Waals surface area contributed by atoms with E-state index in [2.05, 4.69) is 0 Å². The zero-order valence-electron chi connectivity index (χ0n) is 9.12. The molecule has 16 heavy (non-hydrogen) atoms. The molecule has 0 N–H and O–H groups in total. The van der Waals surface area contributed by atoms with Crippen molar-refractivity contribution >= 4 is 17.6 Å². The molecule has 0 atom stereocenters. The van der Waals surface area contributed by atoms with Crippen LogP contribution in [0.4, 0.5) is 0 Å². The maximum Gasteiger partial charge on any atom is 0.338 e. The molecule has 1 fully saturated rings. The third-order valence-electron chi connectivity index (χ3n) is 2.92. The van der Waals surface area contributed by atoms with E-state index in [1.54, 1.807) is 12.1 Å². The largest absolute Gasteiger partial charge is 0.459 e. The summed E-state index contributed by atoms with van der Waals surface area (Å²) in [6, 6.07) is 7.26. The fraction of sp³-hybridized carbons (Fsp3) is 0.462. The van der Waals surface area contributed by atoms with E-state index in [4.69, 9.17) is 16.3 Å². The number of hydrogen-bond acceptors (Lipinski definition) is 2. The van der Waals surface area contributed by atoms with Crippen LogP contribution >= 0.6 is 11.6 Å². The topological polar surface area (TPSA) is 26.3 Å². The van der Waals surface area contributed by atoms with Crippen molar-refractivity contribution in [3.05, 3.63) is 35.4 Å². The normalized spacial score (nSPS) is 16.3. The minimum Gasteiger partial charge on any atom is -0.459 e. The van der Waals surface area contributed by atoms with E-state index in [9.17, 15) is 4.79 Å². The van der Waals surface area contributed by atoms with Crippen molar-refractivity contribution < 1.29 is 9.53 Å². The van der Waals surface area contributed by atoms with Gasteiger partial charge in [-0.2, -0.15) is 0 Å². The Kier molecular flexibility index (Phi) is 3.83. The van der Waals surface area contributed by atoms with E-state index < -0.39 is 0 Å². The van der Waals surface area contributed by atoms with Crippen LogP contribution in [-0.2, 0) is 10.6 Å². The fourth-order valence-corrected chi connectivity index (χ4v) is 2.13. The molecule has 1 saturated carbocycles. The summed E-state index contributed by atoms with van der Waals surface area (Å²) in [5.74, 6) is 0.255. The van der Waals surface area contributed by atoms with Crippen molar-refractivity contribution in [2.24, 2.45) is 0 Å². The van der Waals surface area contributed by atoms with Gasteiger partial charge in [0.25, 0.3) is 0 Å². The van der Waals surface area contributed by atoms with Gasteiger partial charge in [-0.1, -0.05) is 12.1 Å². The summed E-state index contributed by atoms with van der Waals surface area (Å²) < 4.78 is 5.40. The molecule has 1 aromatic rings. The third-order valence-corrected chi connectivity index (χ3v) is 3.23. The zero-order chi connectivity index (χ0) is 11.4. The molecule has 0 unspecified atom stereocenters. The Balaban J connectivity index is 1.97. The van der Waals surface area contributed by atoms with Crippen molar-refractivity contribution in [3.8, 4) is 0 Å². The van der Waals surface area contributed by atoms with Crippen LogP contribution in [0.25, 0.3) is 0 Å². The molecule has 2 nitrogen and oxygen atoms in total. The monoisotopic (exact) mass is 238 g/mol. The van der Waals surface area contributed by atoms with Crippen LogP contribution in [0.3, 0.4) is 0 Å². The van der Waals surface area contributed by atoms with Gasteiger partial charge in [0.1, 0.15) is 6.10 Å². The first-order chi connectivity index (χ1) is 7.79. The molecule has 0 saturated heterocycles. The maximum absolute atomic E-state index is 11.7. The third kappa shape index (κ3) is 2.76. The predicted octanol–water partition coefficient (Wildman–Crippen LogP) is 3.52. The Morgan fingerprint density at radius 1 is 1.25 bits per heavy atom. The lowest BCUT2D eigenvalue weighted by Crippen LogP contribution is -2.14. The van der Waals surface area contributed by atoms with Crippen LogP contribution in [0.1, 0.15) is 41.6 Å². The number of rotatable bonds is 3. The van der Waals surface area contributed by atoms with E-state index >= 15 is 0 Å². The molecular formula is C13H15ClO2. The lowest BCUT2D eigenvalue weighted by atomic mass is 10.1. The molecule has 2 rings (SSSR count). The highest BCUT2D eigenvalue weighted by Gasteiger charge is 2.19. The van der Waals surface area contributed by atoms with E-state index in [0.29, 0.717) is 11.4 Å². The molecule has 0 heterocycles. The van der Waals surface area contributed by atoms with Gasteiger partial charge in [0, 0.05) is 5.88 Å². The number of benzene rings is 1. The first-order valence-corrected chi connectivity index (χ1v) is 6.19. The summed E-state index contributed by atoms with van der Waals surface area (Å²) in [6.45, 7) is 0. The molecule has 0 aliphatic heterocycles. The number of halogens is 1. The van der Waals surface area contributed by atoms with Crippen molar-refractivity contribution in [3.63, 3.8) is 0 Å². The average molecular weight is 239 g/mol. The molecule has 1 aliphatic rings. The minimum absolute atomic E-state index is 0.125. The summed E-state index contributed by atoms with van der Waals surface area (Å²) in [4.78, 5) is 11.7. The highest BCUT2D eigenvalue weighted by Crippen LogP contribution is 2.22. The molecule has 1 aliphatic carbocycles. The van der Waals surface area contributed by atoms with Crippen molar-refractivity contribution in [2.45, 2.75) is 37.7 Å². The van der Waals surface area contributed by atoms with Gasteiger partial charge in [0.05, 0.1) is 5.56 Å². The van der Waals surface area contributed by atoms with Crippen molar-refractivity contribution in [2.75, 3.05) is 0 Å². The smallest absolute Gasteiger partial charge is 0.338 e. The number of alkyl halides is 1. The van der Waals surface area contributed by atoms with Gasteiger partial charge >= 0.3 is 5.97 Å². The number of hydrogen-bond donors (Lipinski definition) is 0. The SMILES string of the molecule is O=C(OC1CCCC1)c1ccc(CCl)cc1. The van der Waals surface area contributed by atoms with Crippen LogP contribution in [0, 0.1) is 0 Å². The molecule has 86 valence electrons. The Morgan fingerprint density at radius 3 is 2.44 bits per heavy atom. The van der Waals surface area contributed by atoms with Crippen molar-refractivity contribution in [1.29, 1.82) is 0 Å². The fourth-order valence-electron chi connectivity index (χ4n) is 1.96. The number of ether oxygens (including phenoxy) is 1. The molecule has 1 aromatic carbocycles. The minimum atomic E-state index is -0.215. The second kappa shape index (κ2) is 5.35. The van der Waals surface area contributed by atoms with Crippen LogP contribution in [0.2, 0.25) is 0 Å². The van der Waals surface area contributed by atoms with Crippen molar-refractivity contribution in [1.82, 2.24) is 0 Å². The van der Waals surface area contributed by atoms with E-state index in [0.717, 1.165) is 18.4 Å². The highest BCUT2D eigenvalue weighted by molar-refractivity contribution is 6.17. The Morgan fingerprint density at radius 2 is 1.88 bits per heavy atom. The van der Waals surface area contributed by atoms with Gasteiger partial charge in [0.15, 0.2) is 0 Å². The van der Waals surface area contributed by atoms with Crippen LogP contribution in [-0.4, -0.2) is 12.1 Å². The standard InChI is InChI=1S/C13H15ClO2/c14-9-10-5-7-11(8-6-10)13(15)16-12-3-1-2-4-12/h5-8,12H,1-4,9H2. The maximum atomic E-state index is 11.7. The van der Waals surface area contributed by atoms with Gasteiger partial charge in [-0.15, -0.1) is 11.6 Å². The van der Waals surface area contributed by atoms with Gasteiger partial charge in [-0.05, 0) is 43.4 Å². The first kappa shape index (κ1) is 11.5. The molecule has 0 spiro atoms. The lowest BCUT2D eigenvalue weighted by molar-refractivity contribution is 0.0318. The Bertz CT molecular complexity index is 353. The Labute approximate surface area is 101 Å². The average Bonchev–Trinajstić information content (AvgIpc) is 2.82. The summed E-state index contributed by atoms with van der Waals surface area (Å²) >= 11 is 5.68. The van der Waals surface area contributed by atoms with E-state index in [-0.39, 0.29) is 12.1 Å². The van der Waals surface area contributed by atoms with Gasteiger partial charge in [-0.3, -0.25) is 0 Å². The molecule has 0 amide bonds. The Hall–Kier alpha value is -1.02. The summed E-state index contributed by atoms with van der Waals surface area (Å²) in [5.41, 5.74) is 1.62. The zero-order valence-corrected chi connectivity index (χ0v) is 9.87. The summed E-state index contributed by atoms with van der Waals surface area (Å²) in [6.07, 6.45) is 4.48. The number of carbonyl (C=O) groups is 1. The molecule has 3 heteroatoms. The van der Waals surface area contributed by atoms with Gasteiger partial charge in [-0.25, -0.2) is 4.79 Å². The highest BCUT2D eigenvalue weighted by atomic mass is 35.5. The lowest BCUT2D eigenvalue weighted by Gasteiger charge is -2.11. The molecule has 0 radical (unpaired) electrons. The molecule has 0 bridgehead atoms. The van der Waals surface area contributed by atoms with Crippen LogP contribution in [0.15, 0.2) is 24.3 Å². The molecular weight excluding hydrogens is 224 g/mol. The predicted molar refractivity (Wildman–Crippen MR) is 63.7 cm³/mol. The second-order valence-electron chi connectivity index (χ2n) is 4.14. The summed E-state index contributed by atoms with van der Waals surface area (Å²) in [5, 5.41) is 0. The first-order valence-electron chi connectivity index (χ1n) is 5.65. The quantitative estimate of drug-likeness (QED) is 0.595. The van der Waals surface area contributed by atoms with Gasteiger partial charge in [0.2, 0.25) is 0 Å². The van der Waals surface area contributed by atoms with Crippen LogP contribution < -0.4 is 0 Å².